The predicted molar refractivity (Wildman–Crippen MR) is 131 cm³/mol. The second-order valence-corrected chi connectivity index (χ2v) is 10.1. The Labute approximate surface area is 205 Å². The van der Waals surface area contributed by atoms with Crippen LogP contribution in [-0.2, 0) is 14.3 Å². The molecule has 2 aromatic carbocycles. The topological polar surface area (TPSA) is 105 Å². The van der Waals surface area contributed by atoms with Crippen molar-refractivity contribution in [1.29, 1.82) is 0 Å². The van der Waals surface area contributed by atoms with E-state index in [1.165, 1.54) is 22.3 Å². The number of fused-ring (bicyclic) bond motifs is 3. The lowest BCUT2D eigenvalue weighted by atomic mass is 9.78. The van der Waals surface area contributed by atoms with E-state index in [1.54, 1.807) is 0 Å². The summed E-state index contributed by atoms with van der Waals surface area (Å²) in [6, 6.07) is 16.5. The van der Waals surface area contributed by atoms with Gasteiger partial charge in [-0.3, -0.25) is 9.59 Å². The van der Waals surface area contributed by atoms with E-state index in [1.807, 2.05) is 24.3 Å². The van der Waals surface area contributed by atoms with Crippen LogP contribution >= 0.6 is 0 Å². The number of hydrogen-bond donors (Lipinski definition) is 3. The lowest BCUT2D eigenvalue weighted by Crippen LogP contribution is -2.48. The number of hydrogen-bond acceptors (Lipinski definition) is 4. The summed E-state index contributed by atoms with van der Waals surface area (Å²) in [4.78, 5) is 36.1. The van der Waals surface area contributed by atoms with Gasteiger partial charge in [0.2, 0.25) is 5.91 Å². The molecule has 5 rings (SSSR count). The number of rotatable bonds is 8. The third-order valence-electron chi connectivity index (χ3n) is 7.89. The number of benzene rings is 2. The Morgan fingerprint density at radius 2 is 1.60 bits per heavy atom. The van der Waals surface area contributed by atoms with Crippen LogP contribution in [0.3, 0.4) is 0 Å². The van der Waals surface area contributed by atoms with Crippen LogP contribution in [0.15, 0.2) is 48.5 Å². The second-order valence-electron chi connectivity index (χ2n) is 10.1. The van der Waals surface area contributed by atoms with E-state index < -0.39 is 12.1 Å². The first-order valence-corrected chi connectivity index (χ1v) is 12.6. The molecule has 2 saturated carbocycles. The Hall–Kier alpha value is -3.35. The number of carboxylic acids is 1. The fourth-order valence-corrected chi connectivity index (χ4v) is 6.07. The average Bonchev–Trinajstić information content (AvgIpc) is 3.42. The Morgan fingerprint density at radius 1 is 0.943 bits per heavy atom. The van der Waals surface area contributed by atoms with Crippen molar-refractivity contribution < 1.29 is 24.2 Å². The molecule has 184 valence electrons. The van der Waals surface area contributed by atoms with Gasteiger partial charge in [-0.2, -0.15) is 0 Å². The SMILES string of the molecule is O=C(O)CC1CC(NC(=O)[C@@H]2CCC[C@@H]2CNC(=O)OCC2c3ccccc3-c3ccccc32)C1. The molecule has 0 bridgehead atoms. The maximum Gasteiger partial charge on any atom is 0.407 e. The van der Waals surface area contributed by atoms with Gasteiger partial charge in [0.15, 0.2) is 0 Å². The number of nitrogens with one attached hydrogen (secondary N) is 2. The molecule has 0 spiro atoms. The molecular weight excluding hydrogens is 444 g/mol. The summed E-state index contributed by atoms with van der Waals surface area (Å²) in [6.07, 6.45) is 3.85. The maximum absolute atomic E-state index is 12.8. The van der Waals surface area contributed by atoms with Crippen LogP contribution < -0.4 is 10.6 Å². The normalized spacial score (nSPS) is 24.7. The number of carbonyl (C=O) groups excluding carboxylic acids is 2. The molecule has 0 unspecified atom stereocenters. The number of aliphatic carboxylic acids is 1. The number of amides is 2. The van der Waals surface area contributed by atoms with Gasteiger partial charge < -0.3 is 20.5 Å². The van der Waals surface area contributed by atoms with Gasteiger partial charge in [-0.05, 0) is 59.8 Å². The quantitative estimate of drug-likeness (QED) is 0.527. The van der Waals surface area contributed by atoms with Crippen LogP contribution in [0, 0.1) is 17.8 Å². The maximum atomic E-state index is 12.8. The average molecular weight is 477 g/mol. The number of carbonyl (C=O) groups is 3. The van der Waals surface area contributed by atoms with Gasteiger partial charge in [0.05, 0.1) is 0 Å². The summed E-state index contributed by atoms with van der Waals surface area (Å²) < 4.78 is 5.63. The highest BCUT2D eigenvalue weighted by Crippen LogP contribution is 2.44. The van der Waals surface area contributed by atoms with Crippen LogP contribution in [0.1, 0.15) is 55.6 Å². The van der Waals surface area contributed by atoms with Gasteiger partial charge in [-0.15, -0.1) is 0 Å². The van der Waals surface area contributed by atoms with Crippen LogP contribution in [0.2, 0.25) is 0 Å². The molecule has 0 heterocycles. The first kappa shape index (κ1) is 23.4. The van der Waals surface area contributed by atoms with E-state index in [9.17, 15) is 14.4 Å². The van der Waals surface area contributed by atoms with Gasteiger partial charge in [-0.25, -0.2) is 4.79 Å². The molecule has 0 aliphatic heterocycles. The lowest BCUT2D eigenvalue weighted by Gasteiger charge is -2.36. The summed E-state index contributed by atoms with van der Waals surface area (Å²) in [6.45, 7) is 0.689. The molecule has 3 N–H and O–H groups in total. The summed E-state index contributed by atoms with van der Waals surface area (Å²) in [5.41, 5.74) is 4.74. The highest BCUT2D eigenvalue weighted by atomic mass is 16.5. The van der Waals surface area contributed by atoms with E-state index in [0.717, 1.165) is 32.1 Å². The zero-order valence-electron chi connectivity index (χ0n) is 19.7. The van der Waals surface area contributed by atoms with E-state index in [-0.39, 0.29) is 48.6 Å². The minimum Gasteiger partial charge on any atom is -0.481 e. The van der Waals surface area contributed by atoms with Crippen molar-refractivity contribution in [3.8, 4) is 11.1 Å². The smallest absolute Gasteiger partial charge is 0.407 e. The number of alkyl carbamates (subject to hydrolysis) is 1. The van der Waals surface area contributed by atoms with Crippen molar-refractivity contribution in [2.45, 2.75) is 50.5 Å². The van der Waals surface area contributed by atoms with E-state index in [0.29, 0.717) is 6.54 Å². The van der Waals surface area contributed by atoms with E-state index in [4.69, 9.17) is 9.84 Å². The number of ether oxygens (including phenoxy) is 1. The monoisotopic (exact) mass is 476 g/mol. The van der Waals surface area contributed by atoms with Gasteiger partial charge in [0.1, 0.15) is 6.61 Å². The largest absolute Gasteiger partial charge is 0.481 e. The minimum absolute atomic E-state index is 0.0191. The van der Waals surface area contributed by atoms with E-state index in [2.05, 4.69) is 34.9 Å². The van der Waals surface area contributed by atoms with Crippen LogP contribution in [0.25, 0.3) is 11.1 Å². The molecule has 3 aliphatic rings. The fourth-order valence-electron chi connectivity index (χ4n) is 6.07. The summed E-state index contributed by atoms with van der Waals surface area (Å²) in [5.74, 6) is -0.610. The lowest BCUT2D eigenvalue weighted by molar-refractivity contribution is -0.139. The van der Waals surface area contributed by atoms with Crippen molar-refractivity contribution in [1.82, 2.24) is 10.6 Å². The summed E-state index contributed by atoms with van der Waals surface area (Å²) in [7, 11) is 0. The Bertz CT molecular complexity index is 1060. The third-order valence-corrected chi connectivity index (χ3v) is 7.89. The molecule has 2 atom stereocenters. The van der Waals surface area contributed by atoms with Gasteiger partial charge in [0.25, 0.3) is 0 Å². The summed E-state index contributed by atoms with van der Waals surface area (Å²) >= 11 is 0. The third kappa shape index (κ3) is 5.04. The van der Waals surface area contributed by atoms with Crippen molar-refractivity contribution >= 4 is 18.0 Å². The molecule has 3 aliphatic carbocycles. The van der Waals surface area contributed by atoms with Crippen LogP contribution in [-0.4, -0.2) is 42.3 Å². The highest BCUT2D eigenvalue weighted by Gasteiger charge is 2.37. The van der Waals surface area contributed by atoms with Crippen molar-refractivity contribution in [3.63, 3.8) is 0 Å². The molecule has 2 fully saturated rings. The predicted octanol–water partition coefficient (Wildman–Crippen LogP) is 4.31. The molecule has 0 aromatic heterocycles. The second kappa shape index (κ2) is 10.1. The molecule has 7 nitrogen and oxygen atoms in total. The highest BCUT2D eigenvalue weighted by molar-refractivity contribution is 5.80. The Morgan fingerprint density at radius 3 is 2.26 bits per heavy atom. The Kier molecular flexibility index (Phi) is 6.75. The zero-order valence-corrected chi connectivity index (χ0v) is 19.7. The minimum atomic E-state index is -0.782. The first-order valence-electron chi connectivity index (χ1n) is 12.6. The fraction of sp³-hybridized carbons (Fsp3) is 0.464. The molecular formula is C28H32N2O5. The van der Waals surface area contributed by atoms with Crippen molar-refractivity contribution in [3.05, 3.63) is 59.7 Å². The van der Waals surface area contributed by atoms with Crippen molar-refractivity contribution in [2.75, 3.05) is 13.2 Å². The van der Waals surface area contributed by atoms with Crippen LogP contribution in [0.4, 0.5) is 4.79 Å². The van der Waals surface area contributed by atoms with Gasteiger partial charge in [-0.1, -0.05) is 55.0 Å². The molecule has 35 heavy (non-hydrogen) atoms. The standard InChI is InChI=1S/C28H32N2O5/c31-26(32)14-17-12-19(13-17)30-27(33)20-11-5-6-18(20)15-29-28(34)35-16-25-23-9-3-1-7-21(23)22-8-2-4-10-24(22)25/h1-4,7-10,17-20,25H,5-6,11-16H2,(H,29,34)(H,30,33)(H,31,32)/t17?,18-,19?,20-/m1/s1. The summed E-state index contributed by atoms with van der Waals surface area (Å²) in [5, 5.41) is 14.9. The van der Waals surface area contributed by atoms with Crippen LogP contribution in [0.5, 0.6) is 0 Å². The zero-order chi connectivity index (χ0) is 24.4. The first-order chi connectivity index (χ1) is 17.0. The molecule has 0 saturated heterocycles. The molecule has 0 radical (unpaired) electrons. The van der Waals surface area contributed by atoms with Gasteiger partial charge >= 0.3 is 12.1 Å². The molecule has 2 aromatic rings. The molecule has 7 heteroatoms. The number of carboxylic acid groups (broad SMARTS) is 1. The molecule has 2 amide bonds. The van der Waals surface area contributed by atoms with E-state index >= 15 is 0 Å². The van der Waals surface area contributed by atoms with Gasteiger partial charge in [0, 0.05) is 30.8 Å². The Balaban J connectivity index is 1.09. The van der Waals surface area contributed by atoms with Crippen molar-refractivity contribution in [2.24, 2.45) is 17.8 Å².